The smallest absolute Gasteiger partial charge is 0.305 e. The van der Waals surface area contributed by atoms with Gasteiger partial charge in [-0.15, -0.1) is 5.10 Å². The molecule has 0 saturated heterocycles. The third kappa shape index (κ3) is 8.56. The van der Waals surface area contributed by atoms with E-state index in [0.29, 0.717) is 6.42 Å². The summed E-state index contributed by atoms with van der Waals surface area (Å²) >= 11 is 1.72. The highest BCUT2D eigenvalue weighted by atomic mass is 32.2. The molecule has 1 aromatic carbocycles. The number of nitrogens with zero attached hydrogens (tertiary/aromatic N) is 4. The summed E-state index contributed by atoms with van der Waals surface area (Å²) < 4.78 is 6.44. The fourth-order valence-corrected chi connectivity index (χ4v) is 3.76. The van der Waals surface area contributed by atoms with Gasteiger partial charge in [-0.25, -0.2) is 0 Å². The monoisotopic (exact) mass is 390 g/mol. The number of para-hydroxylation sites is 1. The van der Waals surface area contributed by atoms with Crippen LogP contribution in [0.5, 0.6) is 0 Å². The normalized spacial score (nSPS) is 10.9. The largest absolute Gasteiger partial charge is 0.469 e. The van der Waals surface area contributed by atoms with Gasteiger partial charge in [0.2, 0.25) is 5.16 Å². The van der Waals surface area contributed by atoms with Gasteiger partial charge in [-0.2, -0.15) is 4.68 Å². The molecule has 1 heterocycles. The molecule has 0 fully saturated rings. The number of benzene rings is 1. The van der Waals surface area contributed by atoms with E-state index in [4.69, 9.17) is 0 Å². The number of aromatic nitrogens is 4. The van der Waals surface area contributed by atoms with Gasteiger partial charge in [-0.3, -0.25) is 4.79 Å². The van der Waals surface area contributed by atoms with Crippen molar-refractivity contribution in [2.45, 2.75) is 69.4 Å². The topological polar surface area (TPSA) is 69.9 Å². The summed E-state index contributed by atoms with van der Waals surface area (Å²) in [7, 11) is 1.45. The van der Waals surface area contributed by atoms with E-state index < -0.39 is 0 Å². The average Bonchev–Trinajstić information content (AvgIpc) is 3.17. The minimum absolute atomic E-state index is 0.0920. The Morgan fingerprint density at radius 3 is 2.26 bits per heavy atom. The van der Waals surface area contributed by atoms with Crippen LogP contribution in [0.25, 0.3) is 5.69 Å². The average molecular weight is 391 g/mol. The Bertz CT molecular complexity index is 648. The molecule has 0 radical (unpaired) electrons. The van der Waals surface area contributed by atoms with E-state index in [-0.39, 0.29) is 5.97 Å². The maximum absolute atomic E-state index is 11.0. The summed E-state index contributed by atoms with van der Waals surface area (Å²) in [4.78, 5) is 11.0. The van der Waals surface area contributed by atoms with Gasteiger partial charge in [0, 0.05) is 12.2 Å². The third-order valence-electron chi connectivity index (χ3n) is 4.43. The Balaban J connectivity index is 1.46. The molecular weight excluding hydrogens is 360 g/mol. The first-order chi connectivity index (χ1) is 13.3. The van der Waals surface area contributed by atoms with E-state index >= 15 is 0 Å². The number of rotatable bonds is 14. The molecule has 0 N–H and O–H groups in total. The van der Waals surface area contributed by atoms with Gasteiger partial charge in [0.05, 0.1) is 12.8 Å². The molecule has 0 unspecified atom stereocenters. The fourth-order valence-electron chi connectivity index (χ4n) is 2.87. The van der Waals surface area contributed by atoms with Crippen molar-refractivity contribution in [1.82, 2.24) is 20.2 Å². The molecule has 27 heavy (non-hydrogen) atoms. The summed E-state index contributed by atoms with van der Waals surface area (Å²) in [5.41, 5.74) is 0.997. The first-order valence-corrected chi connectivity index (χ1v) is 10.8. The predicted octanol–water partition coefficient (Wildman–Crippen LogP) is 4.83. The Hall–Kier alpha value is -1.89. The number of carbonyl (C=O) groups is 1. The van der Waals surface area contributed by atoms with Gasteiger partial charge < -0.3 is 4.74 Å². The van der Waals surface area contributed by atoms with Crippen LogP contribution in [0.2, 0.25) is 0 Å². The van der Waals surface area contributed by atoms with Gasteiger partial charge in [0.15, 0.2) is 0 Å². The quantitative estimate of drug-likeness (QED) is 0.261. The standard InChI is InChI=1S/C20H30N4O2S/c1-26-19(25)16-12-7-5-3-2-4-6-8-13-17-27-20-21-22-23-24(20)18-14-10-9-11-15-18/h9-11,14-15H,2-8,12-13,16-17H2,1H3. The summed E-state index contributed by atoms with van der Waals surface area (Å²) in [6.07, 6.45) is 11.4. The Morgan fingerprint density at radius 1 is 0.963 bits per heavy atom. The SMILES string of the molecule is COC(=O)CCCCCCCCCCCSc1nnnn1-c1ccccc1. The number of carbonyl (C=O) groups excluding carboxylic acids is 1. The molecule has 1 aromatic heterocycles. The van der Waals surface area contributed by atoms with Crippen LogP contribution in [0.15, 0.2) is 35.5 Å². The second-order valence-electron chi connectivity index (χ2n) is 6.57. The van der Waals surface area contributed by atoms with Gasteiger partial charge >= 0.3 is 5.97 Å². The summed E-state index contributed by atoms with van der Waals surface area (Å²) in [5.74, 6) is 0.950. The molecule has 0 aliphatic heterocycles. The molecular formula is C20H30N4O2S. The maximum Gasteiger partial charge on any atom is 0.305 e. The molecule has 0 spiro atoms. The molecule has 2 aromatic rings. The molecule has 0 bridgehead atoms. The van der Waals surface area contributed by atoms with Crippen LogP contribution >= 0.6 is 11.8 Å². The molecule has 6 nitrogen and oxygen atoms in total. The van der Waals surface area contributed by atoms with Gasteiger partial charge in [-0.1, -0.05) is 74.9 Å². The lowest BCUT2D eigenvalue weighted by Gasteiger charge is -2.04. The number of ether oxygens (including phenoxy) is 1. The minimum Gasteiger partial charge on any atom is -0.469 e. The van der Waals surface area contributed by atoms with Crippen molar-refractivity contribution in [2.75, 3.05) is 12.9 Å². The molecule has 148 valence electrons. The van der Waals surface area contributed by atoms with E-state index in [1.54, 1.807) is 16.4 Å². The fraction of sp³-hybridized carbons (Fsp3) is 0.600. The zero-order valence-electron chi connectivity index (χ0n) is 16.2. The molecule has 2 rings (SSSR count). The van der Waals surface area contributed by atoms with E-state index in [1.165, 1.54) is 52.1 Å². The predicted molar refractivity (Wildman–Crippen MR) is 108 cm³/mol. The third-order valence-corrected chi connectivity index (χ3v) is 5.43. The Morgan fingerprint density at radius 2 is 1.59 bits per heavy atom. The number of hydrogen-bond acceptors (Lipinski definition) is 6. The molecule has 0 aliphatic rings. The van der Waals surface area contributed by atoms with Crippen molar-refractivity contribution in [3.05, 3.63) is 30.3 Å². The zero-order valence-corrected chi connectivity index (χ0v) is 17.0. The van der Waals surface area contributed by atoms with Crippen LogP contribution < -0.4 is 0 Å². The summed E-state index contributed by atoms with van der Waals surface area (Å²) in [6, 6.07) is 9.99. The minimum atomic E-state index is -0.0920. The number of hydrogen-bond donors (Lipinski definition) is 0. The Labute approximate surface area is 166 Å². The lowest BCUT2D eigenvalue weighted by molar-refractivity contribution is -0.140. The van der Waals surface area contributed by atoms with Crippen LogP contribution in [-0.4, -0.2) is 39.0 Å². The van der Waals surface area contributed by atoms with Crippen molar-refractivity contribution in [2.24, 2.45) is 0 Å². The van der Waals surface area contributed by atoms with Crippen molar-refractivity contribution < 1.29 is 9.53 Å². The first-order valence-electron chi connectivity index (χ1n) is 9.84. The molecule has 0 amide bonds. The van der Waals surface area contributed by atoms with Gasteiger partial charge in [-0.05, 0) is 35.4 Å². The second-order valence-corrected chi connectivity index (χ2v) is 7.63. The van der Waals surface area contributed by atoms with Crippen LogP contribution in [0.3, 0.4) is 0 Å². The van der Waals surface area contributed by atoms with E-state index in [9.17, 15) is 4.79 Å². The van der Waals surface area contributed by atoms with Crippen LogP contribution in [0.4, 0.5) is 0 Å². The molecule has 0 aliphatic carbocycles. The number of tetrazole rings is 1. The van der Waals surface area contributed by atoms with E-state index in [2.05, 4.69) is 20.3 Å². The van der Waals surface area contributed by atoms with Crippen molar-refractivity contribution in [1.29, 1.82) is 0 Å². The maximum atomic E-state index is 11.0. The summed E-state index contributed by atoms with van der Waals surface area (Å²) in [5, 5.41) is 12.9. The molecule has 0 saturated carbocycles. The number of methoxy groups -OCH3 is 1. The molecule has 7 heteroatoms. The summed E-state index contributed by atoms with van der Waals surface area (Å²) in [6.45, 7) is 0. The zero-order chi connectivity index (χ0) is 19.2. The lowest BCUT2D eigenvalue weighted by Crippen LogP contribution is -1.99. The lowest BCUT2D eigenvalue weighted by atomic mass is 10.1. The van der Waals surface area contributed by atoms with Gasteiger partial charge in [0.1, 0.15) is 0 Å². The van der Waals surface area contributed by atoms with E-state index in [0.717, 1.165) is 29.4 Å². The Kier molecular flexibility index (Phi) is 10.6. The van der Waals surface area contributed by atoms with Gasteiger partial charge in [0.25, 0.3) is 0 Å². The van der Waals surface area contributed by atoms with Crippen molar-refractivity contribution in [3.8, 4) is 5.69 Å². The van der Waals surface area contributed by atoms with Crippen LogP contribution in [-0.2, 0) is 9.53 Å². The van der Waals surface area contributed by atoms with Crippen LogP contribution in [0, 0.1) is 0 Å². The number of thioether (sulfide) groups is 1. The first kappa shape index (κ1) is 21.4. The highest BCUT2D eigenvalue weighted by Crippen LogP contribution is 2.20. The van der Waals surface area contributed by atoms with Crippen molar-refractivity contribution in [3.63, 3.8) is 0 Å². The number of esters is 1. The van der Waals surface area contributed by atoms with Crippen LogP contribution in [0.1, 0.15) is 64.2 Å². The molecule has 0 atom stereocenters. The highest BCUT2D eigenvalue weighted by Gasteiger charge is 2.08. The number of unbranched alkanes of at least 4 members (excludes halogenated alkanes) is 8. The second kappa shape index (κ2) is 13.3. The van der Waals surface area contributed by atoms with Crippen molar-refractivity contribution >= 4 is 17.7 Å². The highest BCUT2D eigenvalue weighted by molar-refractivity contribution is 7.99. The van der Waals surface area contributed by atoms with E-state index in [1.807, 2.05) is 30.3 Å².